The van der Waals surface area contributed by atoms with Crippen molar-refractivity contribution in [2.24, 2.45) is 7.05 Å². The van der Waals surface area contributed by atoms with E-state index >= 15 is 0 Å². The van der Waals surface area contributed by atoms with Crippen LogP contribution in [0.3, 0.4) is 0 Å². The number of thioether (sulfide) groups is 1. The average Bonchev–Trinajstić information content (AvgIpc) is 3.32. The van der Waals surface area contributed by atoms with Crippen LogP contribution in [0.5, 0.6) is 5.75 Å². The third-order valence-electron chi connectivity index (χ3n) is 4.23. The predicted molar refractivity (Wildman–Crippen MR) is 114 cm³/mol. The number of hydrogen-bond donors (Lipinski definition) is 0. The van der Waals surface area contributed by atoms with Crippen LogP contribution < -0.4 is 4.74 Å². The molecular weight excluding hydrogens is 431 g/mol. The lowest BCUT2D eigenvalue weighted by Crippen LogP contribution is -2.03. The Balaban J connectivity index is 1.84. The maximum atomic E-state index is 6.29. The van der Waals surface area contributed by atoms with E-state index in [2.05, 4.69) is 20.3 Å². The minimum Gasteiger partial charge on any atom is -0.495 e. The normalized spacial score (nSPS) is 11.0. The Morgan fingerprint density at radius 2 is 1.90 bits per heavy atom. The average molecular weight is 447 g/mol. The lowest BCUT2D eigenvalue weighted by atomic mass is 10.2. The minimum absolute atomic E-state index is 0.576. The van der Waals surface area contributed by atoms with Gasteiger partial charge in [-0.3, -0.25) is 9.25 Å². The summed E-state index contributed by atoms with van der Waals surface area (Å²) in [4.78, 5) is 4.27. The molecule has 29 heavy (non-hydrogen) atoms. The van der Waals surface area contributed by atoms with E-state index in [9.17, 15) is 0 Å². The van der Waals surface area contributed by atoms with Crippen molar-refractivity contribution in [1.29, 1.82) is 0 Å². The number of rotatable bonds is 6. The smallest absolute Gasteiger partial charge is 0.196 e. The molecule has 0 fully saturated rings. The molecule has 0 aliphatic heterocycles. The van der Waals surface area contributed by atoms with Gasteiger partial charge in [0.1, 0.15) is 17.9 Å². The summed E-state index contributed by atoms with van der Waals surface area (Å²) in [5.74, 6) is 2.69. The van der Waals surface area contributed by atoms with E-state index in [-0.39, 0.29) is 0 Å². The molecule has 0 N–H and O–H groups in total. The fraction of sp³-hybridized carbons (Fsp3) is 0.158. The third-order valence-corrected chi connectivity index (χ3v) is 5.63. The first-order valence-electron chi connectivity index (χ1n) is 8.57. The first-order chi connectivity index (χ1) is 14.1. The second kappa shape index (κ2) is 8.44. The maximum absolute atomic E-state index is 6.29. The first kappa shape index (κ1) is 19.8. The molecule has 0 spiro atoms. The summed E-state index contributed by atoms with van der Waals surface area (Å²) in [5.41, 5.74) is 1.57. The number of aromatic nitrogens is 6. The number of ether oxygens (including phenoxy) is 1. The van der Waals surface area contributed by atoms with Crippen LogP contribution in [0.1, 0.15) is 5.82 Å². The van der Waals surface area contributed by atoms with E-state index in [1.165, 1.54) is 18.1 Å². The van der Waals surface area contributed by atoms with E-state index in [4.69, 9.17) is 27.9 Å². The van der Waals surface area contributed by atoms with Gasteiger partial charge in [-0.1, -0.05) is 47.1 Å². The Bertz CT molecular complexity index is 1160. The number of methoxy groups -OCH3 is 1. The summed E-state index contributed by atoms with van der Waals surface area (Å²) >= 11 is 14.0. The Morgan fingerprint density at radius 1 is 1.07 bits per heavy atom. The number of benzene rings is 2. The molecule has 2 heterocycles. The lowest BCUT2D eigenvalue weighted by molar-refractivity contribution is 0.412. The molecule has 2 aromatic carbocycles. The number of halogens is 2. The van der Waals surface area contributed by atoms with Crippen LogP contribution in [-0.4, -0.2) is 36.6 Å². The molecule has 0 atom stereocenters. The van der Waals surface area contributed by atoms with Gasteiger partial charge in [0.05, 0.1) is 18.6 Å². The molecule has 10 heteroatoms. The highest BCUT2D eigenvalue weighted by Gasteiger charge is 2.20. The van der Waals surface area contributed by atoms with Gasteiger partial charge in [0, 0.05) is 22.7 Å². The van der Waals surface area contributed by atoms with Gasteiger partial charge in [-0.05, 0) is 30.3 Å². The molecule has 0 saturated heterocycles. The first-order valence-corrected chi connectivity index (χ1v) is 10.3. The molecule has 4 rings (SSSR count). The number of aryl methyl sites for hydroxylation is 1. The zero-order chi connectivity index (χ0) is 20.4. The highest BCUT2D eigenvalue weighted by molar-refractivity contribution is 7.98. The zero-order valence-electron chi connectivity index (χ0n) is 15.6. The van der Waals surface area contributed by atoms with Gasteiger partial charge < -0.3 is 4.74 Å². The van der Waals surface area contributed by atoms with Gasteiger partial charge in [-0.2, -0.15) is 5.10 Å². The van der Waals surface area contributed by atoms with Crippen molar-refractivity contribution in [1.82, 2.24) is 29.5 Å². The van der Waals surface area contributed by atoms with Crippen molar-refractivity contribution >= 4 is 35.0 Å². The topological polar surface area (TPSA) is 70.7 Å². The highest BCUT2D eigenvalue weighted by atomic mass is 35.5. The van der Waals surface area contributed by atoms with Crippen molar-refractivity contribution in [2.45, 2.75) is 10.9 Å². The van der Waals surface area contributed by atoms with Gasteiger partial charge in [0.25, 0.3) is 0 Å². The molecule has 0 aliphatic rings. The SMILES string of the molecule is COc1ccc(Cl)cc1-n1c(SCc2ncnn2C)nnc1-c1cccc(Cl)c1. The van der Waals surface area contributed by atoms with E-state index < -0.39 is 0 Å². The Hall–Kier alpha value is -2.55. The number of hydrogen-bond acceptors (Lipinski definition) is 6. The van der Waals surface area contributed by atoms with Crippen LogP contribution in [-0.2, 0) is 12.8 Å². The molecule has 0 aliphatic carbocycles. The Morgan fingerprint density at radius 3 is 2.62 bits per heavy atom. The van der Waals surface area contributed by atoms with E-state index in [0.29, 0.717) is 32.5 Å². The van der Waals surface area contributed by atoms with Gasteiger partial charge in [-0.25, -0.2) is 4.98 Å². The highest BCUT2D eigenvalue weighted by Crippen LogP contribution is 2.35. The molecule has 7 nitrogen and oxygen atoms in total. The van der Waals surface area contributed by atoms with Crippen LogP contribution in [0.4, 0.5) is 0 Å². The predicted octanol–water partition coefficient (Wildman–Crippen LogP) is 4.67. The quantitative estimate of drug-likeness (QED) is 0.400. The van der Waals surface area contributed by atoms with Crippen molar-refractivity contribution in [3.05, 3.63) is 64.7 Å². The van der Waals surface area contributed by atoms with Crippen LogP contribution in [0, 0.1) is 0 Å². The van der Waals surface area contributed by atoms with Crippen LogP contribution >= 0.6 is 35.0 Å². The van der Waals surface area contributed by atoms with E-state index in [0.717, 1.165) is 17.1 Å². The molecule has 0 radical (unpaired) electrons. The molecule has 4 aromatic rings. The fourth-order valence-corrected chi connectivity index (χ4v) is 4.10. The summed E-state index contributed by atoms with van der Waals surface area (Å²) in [6.45, 7) is 0. The van der Waals surface area contributed by atoms with Crippen molar-refractivity contribution < 1.29 is 4.74 Å². The summed E-state index contributed by atoms with van der Waals surface area (Å²) in [6, 6.07) is 12.9. The molecule has 0 bridgehead atoms. The molecule has 0 amide bonds. The molecular formula is C19H16Cl2N6OS. The van der Waals surface area contributed by atoms with Crippen LogP contribution in [0.2, 0.25) is 10.0 Å². The van der Waals surface area contributed by atoms with Crippen molar-refractivity contribution in [2.75, 3.05) is 7.11 Å². The molecule has 0 unspecified atom stereocenters. The summed E-state index contributed by atoms with van der Waals surface area (Å²) in [6.07, 6.45) is 1.53. The maximum Gasteiger partial charge on any atom is 0.196 e. The van der Waals surface area contributed by atoms with Gasteiger partial charge in [0.2, 0.25) is 0 Å². The fourth-order valence-electron chi connectivity index (χ4n) is 2.81. The van der Waals surface area contributed by atoms with Crippen LogP contribution in [0.25, 0.3) is 17.1 Å². The second-order valence-corrected chi connectivity index (χ2v) is 7.87. The van der Waals surface area contributed by atoms with Crippen LogP contribution in [0.15, 0.2) is 53.9 Å². The van der Waals surface area contributed by atoms with Gasteiger partial charge in [0.15, 0.2) is 11.0 Å². The summed E-state index contributed by atoms with van der Waals surface area (Å²) in [7, 11) is 3.47. The lowest BCUT2D eigenvalue weighted by Gasteiger charge is -2.14. The largest absolute Gasteiger partial charge is 0.495 e. The van der Waals surface area contributed by atoms with Crippen molar-refractivity contribution in [3.63, 3.8) is 0 Å². The van der Waals surface area contributed by atoms with Crippen molar-refractivity contribution in [3.8, 4) is 22.8 Å². The standard InChI is InChI=1S/C19H16Cl2N6OS/c1-26-17(22-11-23-26)10-29-19-25-24-18(12-4-3-5-13(20)8-12)27(19)15-9-14(21)6-7-16(15)28-2/h3-9,11H,10H2,1-2H3. The second-order valence-electron chi connectivity index (χ2n) is 6.06. The monoisotopic (exact) mass is 446 g/mol. The molecule has 0 saturated carbocycles. The minimum atomic E-state index is 0.576. The Labute approximate surface area is 181 Å². The summed E-state index contributed by atoms with van der Waals surface area (Å²) in [5, 5.41) is 14.8. The summed E-state index contributed by atoms with van der Waals surface area (Å²) < 4.78 is 9.21. The third kappa shape index (κ3) is 4.10. The number of nitrogens with zero attached hydrogens (tertiary/aromatic N) is 6. The van der Waals surface area contributed by atoms with E-state index in [1.54, 1.807) is 17.9 Å². The zero-order valence-corrected chi connectivity index (χ0v) is 17.9. The Kier molecular flexibility index (Phi) is 5.75. The van der Waals surface area contributed by atoms with E-state index in [1.807, 2.05) is 48.0 Å². The van der Waals surface area contributed by atoms with Gasteiger partial charge >= 0.3 is 0 Å². The molecule has 2 aromatic heterocycles. The van der Waals surface area contributed by atoms with Gasteiger partial charge in [-0.15, -0.1) is 10.2 Å². The molecule has 148 valence electrons.